The van der Waals surface area contributed by atoms with E-state index >= 15 is 0 Å². The fraction of sp³-hybridized carbons (Fsp3) is 0.0476. The molecular formula is C21H17N5O. The molecule has 0 aliphatic heterocycles. The molecular weight excluding hydrogens is 338 g/mol. The minimum Gasteiger partial charge on any atom is -0.508 e. The molecule has 0 fully saturated rings. The number of benzene rings is 2. The molecule has 132 valence electrons. The second-order valence-electron chi connectivity index (χ2n) is 6.57. The Kier molecular flexibility index (Phi) is 3.21. The van der Waals surface area contributed by atoms with Gasteiger partial charge in [0.25, 0.3) is 0 Å². The van der Waals surface area contributed by atoms with Gasteiger partial charge < -0.3 is 15.4 Å². The summed E-state index contributed by atoms with van der Waals surface area (Å²) in [5, 5.41) is 15.4. The third-order valence-corrected chi connectivity index (χ3v) is 4.91. The van der Waals surface area contributed by atoms with Gasteiger partial charge in [-0.05, 0) is 23.8 Å². The van der Waals surface area contributed by atoms with Crippen LogP contribution in [0.1, 0.15) is 0 Å². The number of fused-ring (bicyclic) bond motifs is 2. The highest BCUT2D eigenvalue weighted by atomic mass is 16.3. The molecule has 5 rings (SSSR count). The molecule has 0 aliphatic rings. The highest BCUT2D eigenvalue weighted by Gasteiger charge is 2.17. The van der Waals surface area contributed by atoms with Crippen molar-refractivity contribution in [1.82, 2.24) is 19.2 Å². The summed E-state index contributed by atoms with van der Waals surface area (Å²) in [5.41, 5.74) is 11.8. The van der Waals surface area contributed by atoms with Crippen LogP contribution in [-0.4, -0.2) is 24.3 Å². The van der Waals surface area contributed by atoms with Crippen LogP contribution in [0.3, 0.4) is 0 Å². The number of nitrogens with two attached hydrogens (primary N) is 1. The van der Waals surface area contributed by atoms with Gasteiger partial charge in [-0.25, -0.2) is 4.98 Å². The topological polar surface area (TPSA) is 81.4 Å². The van der Waals surface area contributed by atoms with Crippen molar-refractivity contribution in [2.45, 2.75) is 0 Å². The van der Waals surface area contributed by atoms with Gasteiger partial charge in [0.2, 0.25) is 0 Å². The van der Waals surface area contributed by atoms with Gasteiger partial charge in [-0.15, -0.1) is 0 Å². The summed E-state index contributed by atoms with van der Waals surface area (Å²) in [4.78, 5) is 4.63. The van der Waals surface area contributed by atoms with Gasteiger partial charge in [0.05, 0.1) is 6.20 Å². The van der Waals surface area contributed by atoms with Crippen molar-refractivity contribution >= 4 is 22.4 Å². The SMILES string of the molecule is Cn1cc(-c2cnn3c(N)c(-c4cccc(O)c4)cnc23)c2ccccc21. The van der Waals surface area contributed by atoms with Gasteiger partial charge in [0.15, 0.2) is 5.65 Å². The lowest BCUT2D eigenvalue weighted by Gasteiger charge is -2.08. The van der Waals surface area contributed by atoms with E-state index < -0.39 is 0 Å². The molecule has 2 aromatic carbocycles. The second kappa shape index (κ2) is 5.60. The molecule has 0 aliphatic carbocycles. The third kappa shape index (κ3) is 2.27. The molecule has 0 spiro atoms. The average Bonchev–Trinajstić information content (AvgIpc) is 3.24. The van der Waals surface area contributed by atoms with E-state index in [4.69, 9.17) is 5.73 Å². The highest BCUT2D eigenvalue weighted by Crippen LogP contribution is 2.34. The Morgan fingerprint density at radius 3 is 2.67 bits per heavy atom. The molecule has 0 saturated carbocycles. The van der Waals surface area contributed by atoms with Crippen LogP contribution in [0.25, 0.3) is 38.8 Å². The summed E-state index contributed by atoms with van der Waals surface area (Å²) in [6.45, 7) is 0. The summed E-state index contributed by atoms with van der Waals surface area (Å²) in [7, 11) is 2.03. The van der Waals surface area contributed by atoms with Crippen LogP contribution >= 0.6 is 0 Å². The molecule has 27 heavy (non-hydrogen) atoms. The van der Waals surface area contributed by atoms with Crippen molar-refractivity contribution in [3.05, 3.63) is 67.1 Å². The van der Waals surface area contributed by atoms with Crippen molar-refractivity contribution in [2.75, 3.05) is 5.73 Å². The summed E-state index contributed by atoms with van der Waals surface area (Å²) in [6.07, 6.45) is 5.62. The zero-order chi connectivity index (χ0) is 18.5. The lowest BCUT2D eigenvalue weighted by molar-refractivity contribution is 0.475. The second-order valence-corrected chi connectivity index (χ2v) is 6.57. The van der Waals surface area contributed by atoms with E-state index in [0.717, 1.165) is 33.2 Å². The number of phenols is 1. The van der Waals surface area contributed by atoms with Crippen molar-refractivity contribution in [3.63, 3.8) is 0 Å². The maximum absolute atomic E-state index is 9.75. The first-order valence-corrected chi connectivity index (χ1v) is 8.59. The van der Waals surface area contributed by atoms with Crippen molar-refractivity contribution in [2.24, 2.45) is 7.05 Å². The van der Waals surface area contributed by atoms with E-state index in [1.807, 2.05) is 25.2 Å². The molecule has 0 bridgehead atoms. The lowest BCUT2D eigenvalue weighted by atomic mass is 10.1. The van der Waals surface area contributed by atoms with Crippen LogP contribution in [0.2, 0.25) is 0 Å². The number of nitrogen functional groups attached to an aromatic ring is 1. The molecule has 0 saturated heterocycles. The van der Waals surface area contributed by atoms with Gasteiger partial charge in [0.1, 0.15) is 11.6 Å². The number of nitrogens with zero attached hydrogens (tertiary/aromatic N) is 4. The van der Waals surface area contributed by atoms with Gasteiger partial charge in [-0.2, -0.15) is 9.61 Å². The fourth-order valence-electron chi connectivity index (χ4n) is 3.59. The maximum atomic E-state index is 9.75. The number of aryl methyl sites for hydroxylation is 1. The highest BCUT2D eigenvalue weighted by molar-refractivity contribution is 5.99. The van der Waals surface area contributed by atoms with Crippen LogP contribution in [0.5, 0.6) is 5.75 Å². The van der Waals surface area contributed by atoms with E-state index in [0.29, 0.717) is 11.5 Å². The van der Waals surface area contributed by atoms with Crippen LogP contribution in [0, 0.1) is 0 Å². The molecule has 0 unspecified atom stereocenters. The smallest absolute Gasteiger partial charge is 0.165 e. The van der Waals surface area contributed by atoms with Gasteiger partial charge in [0, 0.05) is 47.0 Å². The Morgan fingerprint density at radius 1 is 0.963 bits per heavy atom. The fourth-order valence-corrected chi connectivity index (χ4v) is 3.59. The van der Waals surface area contributed by atoms with Crippen molar-refractivity contribution in [3.8, 4) is 28.0 Å². The molecule has 0 atom stereocenters. The first-order chi connectivity index (χ1) is 13.1. The minimum absolute atomic E-state index is 0.184. The number of para-hydroxylation sites is 1. The first kappa shape index (κ1) is 15.5. The predicted octanol–water partition coefficient (Wildman–Crippen LogP) is 3.84. The zero-order valence-electron chi connectivity index (χ0n) is 14.7. The number of phenolic OH excluding ortho intramolecular Hbond substituents is 1. The normalized spacial score (nSPS) is 11.4. The van der Waals surface area contributed by atoms with Gasteiger partial charge in [-0.3, -0.25) is 0 Å². The molecule has 3 heterocycles. The van der Waals surface area contributed by atoms with Gasteiger partial charge >= 0.3 is 0 Å². The van der Waals surface area contributed by atoms with E-state index in [9.17, 15) is 5.11 Å². The zero-order valence-corrected chi connectivity index (χ0v) is 14.7. The number of rotatable bonds is 2. The first-order valence-electron chi connectivity index (χ1n) is 8.59. The van der Waals surface area contributed by atoms with Crippen molar-refractivity contribution in [1.29, 1.82) is 0 Å². The third-order valence-electron chi connectivity index (χ3n) is 4.91. The monoisotopic (exact) mass is 355 g/mol. The Hall–Kier alpha value is -3.80. The molecule has 6 heteroatoms. The van der Waals surface area contributed by atoms with E-state index in [-0.39, 0.29) is 5.75 Å². The Bertz CT molecular complexity index is 1320. The summed E-state index contributed by atoms with van der Waals surface area (Å²) in [5.74, 6) is 0.668. The molecule has 3 N–H and O–H groups in total. The summed E-state index contributed by atoms with van der Waals surface area (Å²) >= 11 is 0. The van der Waals surface area contributed by atoms with E-state index in [1.165, 1.54) is 0 Å². The number of hydrogen-bond acceptors (Lipinski definition) is 4. The van der Waals surface area contributed by atoms with Crippen LogP contribution in [-0.2, 0) is 7.05 Å². The largest absolute Gasteiger partial charge is 0.508 e. The molecule has 0 radical (unpaired) electrons. The Balaban J connectivity index is 1.73. The average molecular weight is 355 g/mol. The minimum atomic E-state index is 0.184. The van der Waals surface area contributed by atoms with Crippen LogP contribution in [0.15, 0.2) is 67.1 Å². The molecule has 3 aromatic heterocycles. The Morgan fingerprint density at radius 2 is 1.81 bits per heavy atom. The lowest BCUT2D eigenvalue weighted by Crippen LogP contribution is -2.02. The number of anilines is 1. The van der Waals surface area contributed by atoms with Crippen LogP contribution in [0.4, 0.5) is 5.82 Å². The molecule has 6 nitrogen and oxygen atoms in total. The van der Waals surface area contributed by atoms with E-state index in [2.05, 4.69) is 33.0 Å². The molecule has 5 aromatic rings. The number of aromatic hydroxyl groups is 1. The van der Waals surface area contributed by atoms with Crippen LogP contribution < -0.4 is 5.73 Å². The summed E-state index contributed by atoms with van der Waals surface area (Å²) in [6, 6.07) is 15.2. The standard InChI is InChI=1S/C21H17N5O/c1-25-12-18(15-7-2-3-8-19(15)25)17-11-24-26-20(22)16(10-23-21(17)26)13-5-4-6-14(27)9-13/h2-12,27H,22H2,1H3. The van der Waals surface area contributed by atoms with Crippen molar-refractivity contribution < 1.29 is 5.11 Å². The molecule has 0 amide bonds. The predicted molar refractivity (Wildman–Crippen MR) is 106 cm³/mol. The summed E-state index contributed by atoms with van der Waals surface area (Å²) < 4.78 is 3.75. The van der Waals surface area contributed by atoms with E-state index in [1.54, 1.807) is 35.1 Å². The van der Waals surface area contributed by atoms with Gasteiger partial charge in [-0.1, -0.05) is 30.3 Å². The number of hydrogen-bond donors (Lipinski definition) is 2. The number of aromatic nitrogens is 4. The Labute approximate surface area is 155 Å². The maximum Gasteiger partial charge on any atom is 0.165 e. The quantitative estimate of drug-likeness (QED) is 0.504.